The molecule has 0 radical (unpaired) electrons. The number of alkyl halides is 3. The van der Waals surface area contributed by atoms with Gasteiger partial charge in [0, 0.05) is 24.8 Å². The maximum Gasteiger partial charge on any atom is 0.392 e. The van der Waals surface area contributed by atoms with E-state index < -0.39 is 24.0 Å². The lowest BCUT2D eigenvalue weighted by molar-refractivity contribution is -0.177. The number of carbonyl (C=O) groups excluding carboxylic acids is 2. The van der Waals surface area contributed by atoms with Gasteiger partial charge in [-0.25, -0.2) is 0 Å². The van der Waals surface area contributed by atoms with E-state index in [1.165, 1.54) is 4.90 Å². The summed E-state index contributed by atoms with van der Waals surface area (Å²) in [6, 6.07) is 6.00. The Bertz CT molecular complexity index is 1020. The minimum Gasteiger partial charge on any atom is -0.489 e. The molecule has 0 fully saturated rings. The van der Waals surface area contributed by atoms with E-state index in [4.69, 9.17) is 4.74 Å². The molecule has 1 N–H and O–H groups in total. The Hall–Kier alpha value is -3.04. The third-order valence-corrected chi connectivity index (χ3v) is 5.89. The summed E-state index contributed by atoms with van der Waals surface area (Å²) in [4.78, 5) is 27.3. The van der Waals surface area contributed by atoms with Gasteiger partial charge in [-0.1, -0.05) is 12.1 Å². The number of aryl methyl sites for hydroxylation is 1. The van der Waals surface area contributed by atoms with Crippen LogP contribution in [0.15, 0.2) is 24.3 Å². The van der Waals surface area contributed by atoms with E-state index >= 15 is 0 Å². The van der Waals surface area contributed by atoms with Crippen molar-refractivity contribution in [2.45, 2.75) is 44.9 Å². The number of halogens is 3. The van der Waals surface area contributed by atoms with Crippen LogP contribution in [0.3, 0.4) is 0 Å². The van der Waals surface area contributed by atoms with Gasteiger partial charge < -0.3 is 15.0 Å². The van der Waals surface area contributed by atoms with Crippen molar-refractivity contribution < 1.29 is 27.5 Å². The number of rotatable bonds is 3. The number of carbonyl (C=O) groups is 2. The summed E-state index contributed by atoms with van der Waals surface area (Å²) in [5, 5.41) is 6.89. The Morgan fingerprint density at radius 3 is 2.77 bits per heavy atom. The minimum atomic E-state index is -4.33. The van der Waals surface area contributed by atoms with Crippen LogP contribution in [0.1, 0.15) is 35.1 Å². The Balaban J connectivity index is 1.58. The largest absolute Gasteiger partial charge is 0.489 e. The first-order valence-electron chi connectivity index (χ1n) is 10.2. The van der Waals surface area contributed by atoms with Gasteiger partial charge in [0.25, 0.3) is 11.8 Å². The molecular weight excluding hydrogens is 413 g/mol. The second kappa shape index (κ2) is 7.90. The van der Waals surface area contributed by atoms with Gasteiger partial charge in [0.1, 0.15) is 18.4 Å². The van der Waals surface area contributed by atoms with Crippen molar-refractivity contribution in [3.05, 3.63) is 41.2 Å². The van der Waals surface area contributed by atoms with Crippen molar-refractivity contribution in [3.63, 3.8) is 0 Å². The van der Waals surface area contributed by atoms with E-state index in [1.54, 1.807) is 36.0 Å². The average molecular weight is 436 g/mol. The van der Waals surface area contributed by atoms with Crippen LogP contribution in [0, 0.1) is 5.92 Å². The van der Waals surface area contributed by atoms with Crippen LogP contribution >= 0.6 is 0 Å². The van der Waals surface area contributed by atoms with Crippen molar-refractivity contribution in [3.8, 4) is 5.75 Å². The highest BCUT2D eigenvalue weighted by Gasteiger charge is 2.43. The summed E-state index contributed by atoms with van der Waals surface area (Å²) in [5.74, 6) is -2.05. The van der Waals surface area contributed by atoms with E-state index in [2.05, 4.69) is 10.4 Å². The second-order valence-corrected chi connectivity index (χ2v) is 7.77. The number of fused-ring (bicyclic) bond motifs is 2. The molecular formula is C21H23F3N4O3. The summed E-state index contributed by atoms with van der Waals surface area (Å²) >= 11 is 0. The number of aromatic nitrogens is 2. The summed E-state index contributed by atoms with van der Waals surface area (Å²) in [7, 11) is 1.58. The molecule has 1 aliphatic heterocycles. The Morgan fingerprint density at radius 1 is 1.32 bits per heavy atom. The first-order valence-corrected chi connectivity index (χ1v) is 10.2. The molecule has 0 bridgehead atoms. The van der Waals surface area contributed by atoms with Crippen LogP contribution in [-0.2, 0) is 24.2 Å². The van der Waals surface area contributed by atoms with Crippen molar-refractivity contribution in [1.29, 1.82) is 0 Å². The topological polar surface area (TPSA) is 76.5 Å². The molecule has 1 aliphatic carbocycles. The lowest BCUT2D eigenvalue weighted by Gasteiger charge is -2.25. The molecule has 2 aliphatic rings. The van der Waals surface area contributed by atoms with Crippen LogP contribution in [0.25, 0.3) is 0 Å². The van der Waals surface area contributed by atoms with Gasteiger partial charge in [0.15, 0.2) is 5.69 Å². The van der Waals surface area contributed by atoms with Crippen LogP contribution in [-0.4, -0.2) is 47.5 Å². The van der Waals surface area contributed by atoms with Crippen LogP contribution in [0.4, 0.5) is 18.9 Å². The van der Waals surface area contributed by atoms with E-state index in [9.17, 15) is 22.8 Å². The lowest BCUT2D eigenvalue weighted by atomic mass is 9.85. The zero-order valence-corrected chi connectivity index (χ0v) is 17.2. The predicted molar refractivity (Wildman–Crippen MR) is 106 cm³/mol. The highest BCUT2D eigenvalue weighted by molar-refractivity contribution is 6.03. The summed E-state index contributed by atoms with van der Waals surface area (Å²) in [6.45, 7) is 2.17. The molecule has 1 aromatic heterocycles. The normalized spacial score (nSPS) is 21.1. The average Bonchev–Trinajstić information content (AvgIpc) is 3.08. The van der Waals surface area contributed by atoms with Crippen molar-refractivity contribution in [1.82, 2.24) is 15.1 Å². The smallest absolute Gasteiger partial charge is 0.392 e. The second-order valence-electron chi connectivity index (χ2n) is 7.77. The fourth-order valence-electron chi connectivity index (χ4n) is 4.19. The number of nitrogens with one attached hydrogen (secondary N) is 1. The van der Waals surface area contributed by atoms with Gasteiger partial charge in [-0.15, -0.1) is 0 Å². The molecule has 4 rings (SSSR count). The monoisotopic (exact) mass is 436 g/mol. The Kier molecular flexibility index (Phi) is 5.40. The quantitative estimate of drug-likeness (QED) is 0.803. The summed E-state index contributed by atoms with van der Waals surface area (Å²) < 4.78 is 47.2. The molecule has 2 heterocycles. The number of nitrogens with zero attached hydrogens (tertiary/aromatic N) is 3. The summed E-state index contributed by atoms with van der Waals surface area (Å²) in [6.07, 6.45) is -4.44. The molecule has 0 unspecified atom stereocenters. The van der Waals surface area contributed by atoms with E-state index in [0.29, 0.717) is 29.2 Å². The van der Waals surface area contributed by atoms with Gasteiger partial charge >= 0.3 is 6.18 Å². The number of para-hydroxylation sites is 2. The predicted octanol–water partition coefficient (Wildman–Crippen LogP) is 2.72. The van der Waals surface area contributed by atoms with Crippen LogP contribution < -0.4 is 15.0 Å². The zero-order valence-electron chi connectivity index (χ0n) is 17.2. The number of benzene rings is 1. The highest BCUT2D eigenvalue weighted by atomic mass is 19.4. The first-order chi connectivity index (χ1) is 14.7. The van der Waals surface area contributed by atoms with Gasteiger partial charge in [-0.05, 0) is 38.3 Å². The van der Waals surface area contributed by atoms with Crippen molar-refractivity contribution in [2.24, 2.45) is 5.92 Å². The highest BCUT2D eigenvalue weighted by Crippen LogP contribution is 2.38. The molecule has 0 saturated heterocycles. The molecule has 2 atom stereocenters. The molecule has 1 aromatic carbocycles. The van der Waals surface area contributed by atoms with Crippen molar-refractivity contribution >= 4 is 17.5 Å². The third kappa shape index (κ3) is 3.86. The fourth-order valence-corrected chi connectivity index (χ4v) is 4.19. The molecule has 31 heavy (non-hydrogen) atoms. The zero-order chi connectivity index (χ0) is 22.3. The molecule has 0 spiro atoms. The first kappa shape index (κ1) is 21.2. The SMILES string of the molecule is CCn1nc(C(=O)N[C@H]2COc3ccccc3N(C)C2=O)c2c1CC[C@H](C(F)(F)F)C2. The molecule has 0 saturated carbocycles. The maximum absolute atomic E-state index is 13.3. The van der Waals surface area contributed by atoms with Gasteiger partial charge in [-0.3, -0.25) is 14.3 Å². The van der Waals surface area contributed by atoms with Crippen LogP contribution in [0.5, 0.6) is 5.75 Å². The Morgan fingerprint density at radius 2 is 2.06 bits per heavy atom. The maximum atomic E-state index is 13.3. The number of likely N-dealkylation sites (N-methyl/N-ethyl adjacent to an activating group) is 1. The van der Waals surface area contributed by atoms with E-state index in [0.717, 1.165) is 0 Å². The van der Waals surface area contributed by atoms with E-state index in [-0.39, 0.29) is 37.5 Å². The minimum absolute atomic E-state index is 0.0265. The number of hydrogen-bond donors (Lipinski definition) is 1. The fraction of sp³-hybridized carbons (Fsp3) is 0.476. The number of anilines is 1. The third-order valence-electron chi connectivity index (χ3n) is 5.89. The molecule has 7 nitrogen and oxygen atoms in total. The number of hydrogen-bond acceptors (Lipinski definition) is 4. The van der Waals surface area contributed by atoms with Crippen molar-refractivity contribution in [2.75, 3.05) is 18.6 Å². The van der Waals surface area contributed by atoms with Gasteiger partial charge in [0.2, 0.25) is 0 Å². The molecule has 166 valence electrons. The molecule has 2 aromatic rings. The van der Waals surface area contributed by atoms with Crippen LogP contribution in [0.2, 0.25) is 0 Å². The van der Waals surface area contributed by atoms with Gasteiger partial charge in [0.05, 0.1) is 11.6 Å². The Labute approximate surface area is 177 Å². The lowest BCUT2D eigenvalue weighted by Crippen LogP contribution is -2.49. The molecule has 2 amide bonds. The standard InChI is InChI=1S/C21H23F3N4O3/c1-3-28-15-9-8-12(21(22,23)24)10-13(15)18(26-28)19(29)25-14-11-31-17-7-5-4-6-16(17)27(2)20(14)30/h4-7,12,14H,3,8-11H2,1-2H3,(H,25,29)/t12-,14-/m0/s1. The molecule has 10 heteroatoms. The number of amides is 2. The number of ether oxygens (including phenoxy) is 1. The van der Waals surface area contributed by atoms with Gasteiger partial charge in [-0.2, -0.15) is 18.3 Å². The summed E-state index contributed by atoms with van der Waals surface area (Å²) in [5.41, 5.74) is 1.49. The van der Waals surface area contributed by atoms with E-state index in [1.807, 2.05) is 6.92 Å².